The van der Waals surface area contributed by atoms with Crippen LogP contribution in [0.1, 0.15) is 6.42 Å². The maximum Gasteiger partial charge on any atom is 0.193 e. The molecule has 0 atom stereocenters. The van der Waals surface area contributed by atoms with Gasteiger partial charge < -0.3 is 14.8 Å². The molecule has 78 valence electrons. The molecule has 1 saturated heterocycles. The van der Waals surface area contributed by atoms with Crippen LogP contribution in [0.15, 0.2) is 0 Å². The lowest BCUT2D eigenvalue weighted by Crippen LogP contribution is -2.63. The summed E-state index contributed by atoms with van der Waals surface area (Å²) in [6, 6.07) is 0. The SMILES string of the molecule is CNCCCN1CC(OC)(OC)C1. The van der Waals surface area contributed by atoms with Gasteiger partial charge in [-0.3, -0.25) is 4.90 Å². The Morgan fingerprint density at radius 1 is 1.31 bits per heavy atom. The van der Waals surface area contributed by atoms with Crippen LogP contribution < -0.4 is 5.32 Å². The highest BCUT2D eigenvalue weighted by Crippen LogP contribution is 2.24. The second-order valence-electron chi connectivity index (χ2n) is 3.49. The highest BCUT2D eigenvalue weighted by atomic mass is 16.7. The van der Waals surface area contributed by atoms with Gasteiger partial charge in [-0.2, -0.15) is 0 Å². The Morgan fingerprint density at radius 3 is 2.38 bits per heavy atom. The first-order valence-corrected chi connectivity index (χ1v) is 4.73. The molecule has 1 rings (SSSR count). The second-order valence-corrected chi connectivity index (χ2v) is 3.49. The average molecular weight is 188 g/mol. The number of methoxy groups -OCH3 is 2. The Morgan fingerprint density at radius 2 is 1.92 bits per heavy atom. The molecular formula is C9H20N2O2. The molecule has 1 heterocycles. The van der Waals surface area contributed by atoms with Gasteiger partial charge in [-0.1, -0.05) is 0 Å². The molecule has 0 aromatic heterocycles. The Bertz CT molecular complexity index is 141. The molecule has 13 heavy (non-hydrogen) atoms. The van der Waals surface area contributed by atoms with Crippen molar-refractivity contribution in [2.75, 3.05) is 47.4 Å². The molecule has 0 spiro atoms. The molecule has 0 radical (unpaired) electrons. The zero-order valence-electron chi connectivity index (χ0n) is 8.80. The van der Waals surface area contributed by atoms with E-state index < -0.39 is 0 Å². The van der Waals surface area contributed by atoms with Crippen LogP contribution in [0.2, 0.25) is 0 Å². The molecule has 1 aliphatic rings. The van der Waals surface area contributed by atoms with E-state index in [9.17, 15) is 0 Å². The van der Waals surface area contributed by atoms with Gasteiger partial charge in [-0.15, -0.1) is 0 Å². The number of likely N-dealkylation sites (tertiary alicyclic amines) is 1. The van der Waals surface area contributed by atoms with E-state index in [-0.39, 0.29) is 5.79 Å². The minimum atomic E-state index is -0.320. The predicted octanol–water partition coefficient (Wildman–Crippen LogP) is -0.0994. The summed E-state index contributed by atoms with van der Waals surface area (Å²) in [7, 11) is 5.38. The van der Waals surface area contributed by atoms with Crippen LogP contribution in [0.5, 0.6) is 0 Å². The van der Waals surface area contributed by atoms with Crippen LogP contribution in [-0.2, 0) is 9.47 Å². The second kappa shape index (κ2) is 4.91. The molecular weight excluding hydrogens is 168 g/mol. The highest BCUT2D eigenvalue weighted by molar-refractivity contribution is 4.88. The van der Waals surface area contributed by atoms with Crippen molar-refractivity contribution >= 4 is 0 Å². The number of nitrogens with zero attached hydrogens (tertiary/aromatic N) is 1. The van der Waals surface area contributed by atoms with Crippen molar-refractivity contribution in [1.82, 2.24) is 10.2 Å². The van der Waals surface area contributed by atoms with E-state index in [1.54, 1.807) is 14.2 Å². The van der Waals surface area contributed by atoms with Gasteiger partial charge >= 0.3 is 0 Å². The molecule has 4 heteroatoms. The topological polar surface area (TPSA) is 33.7 Å². The minimum absolute atomic E-state index is 0.320. The van der Waals surface area contributed by atoms with E-state index in [1.165, 1.54) is 6.42 Å². The molecule has 1 N–H and O–H groups in total. The summed E-state index contributed by atoms with van der Waals surface area (Å²) in [5.41, 5.74) is 0. The lowest BCUT2D eigenvalue weighted by Gasteiger charge is -2.47. The fourth-order valence-corrected chi connectivity index (χ4v) is 1.61. The fourth-order valence-electron chi connectivity index (χ4n) is 1.61. The van der Waals surface area contributed by atoms with Gasteiger partial charge in [0.15, 0.2) is 5.79 Å². The van der Waals surface area contributed by atoms with Crippen LogP contribution in [0, 0.1) is 0 Å². The van der Waals surface area contributed by atoms with Crippen molar-refractivity contribution in [3.63, 3.8) is 0 Å². The van der Waals surface area contributed by atoms with E-state index in [1.807, 2.05) is 7.05 Å². The highest BCUT2D eigenvalue weighted by Gasteiger charge is 2.43. The predicted molar refractivity (Wildman–Crippen MR) is 51.7 cm³/mol. The first-order chi connectivity index (χ1) is 6.26. The van der Waals surface area contributed by atoms with Gasteiger partial charge in [-0.25, -0.2) is 0 Å². The van der Waals surface area contributed by atoms with E-state index in [0.29, 0.717) is 0 Å². The van der Waals surface area contributed by atoms with Crippen molar-refractivity contribution in [1.29, 1.82) is 0 Å². The third-order valence-corrected chi connectivity index (χ3v) is 2.57. The molecule has 4 nitrogen and oxygen atoms in total. The van der Waals surface area contributed by atoms with Crippen molar-refractivity contribution in [3.05, 3.63) is 0 Å². The third-order valence-electron chi connectivity index (χ3n) is 2.57. The Kier molecular flexibility index (Phi) is 4.12. The summed E-state index contributed by atoms with van der Waals surface area (Å²) in [5.74, 6) is -0.320. The zero-order valence-corrected chi connectivity index (χ0v) is 8.80. The molecule has 0 bridgehead atoms. The lowest BCUT2D eigenvalue weighted by atomic mass is 10.1. The summed E-state index contributed by atoms with van der Waals surface area (Å²) in [6.07, 6.45) is 1.18. The van der Waals surface area contributed by atoms with Gasteiger partial charge in [0.2, 0.25) is 0 Å². The number of nitrogens with one attached hydrogen (secondary N) is 1. The van der Waals surface area contributed by atoms with E-state index in [2.05, 4.69) is 10.2 Å². The van der Waals surface area contributed by atoms with E-state index >= 15 is 0 Å². The van der Waals surface area contributed by atoms with Crippen molar-refractivity contribution in [3.8, 4) is 0 Å². The first kappa shape index (κ1) is 10.9. The third kappa shape index (κ3) is 2.64. The van der Waals surface area contributed by atoms with Crippen LogP contribution in [0.25, 0.3) is 0 Å². The van der Waals surface area contributed by atoms with Gasteiger partial charge in [0, 0.05) is 14.2 Å². The Hall–Kier alpha value is -0.160. The molecule has 0 amide bonds. The number of ether oxygens (including phenoxy) is 2. The van der Waals surface area contributed by atoms with Crippen LogP contribution >= 0.6 is 0 Å². The van der Waals surface area contributed by atoms with Crippen LogP contribution in [-0.4, -0.2) is 58.1 Å². The minimum Gasteiger partial charge on any atom is -0.351 e. The normalized spacial score (nSPS) is 21.5. The monoisotopic (exact) mass is 188 g/mol. The fraction of sp³-hybridized carbons (Fsp3) is 1.00. The summed E-state index contributed by atoms with van der Waals surface area (Å²) in [6.45, 7) is 3.98. The van der Waals surface area contributed by atoms with E-state index in [4.69, 9.17) is 9.47 Å². The van der Waals surface area contributed by atoms with Gasteiger partial charge in [0.05, 0.1) is 13.1 Å². The molecule has 0 saturated carbocycles. The zero-order chi connectivity index (χ0) is 9.73. The van der Waals surface area contributed by atoms with Crippen LogP contribution in [0.4, 0.5) is 0 Å². The maximum absolute atomic E-state index is 5.28. The molecule has 0 aromatic rings. The first-order valence-electron chi connectivity index (χ1n) is 4.73. The Labute approximate surface area is 80.2 Å². The number of rotatable bonds is 6. The van der Waals surface area contributed by atoms with Crippen molar-refractivity contribution in [2.45, 2.75) is 12.2 Å². The quantitative estimate of drug-likeness (QED) is 0.466. The lowest BCUT2D eigenvalue weighted by molar-refractivity contribution is -0.275. The molecule has 1 aliphatic heterocycles. The Balaban J connectivity index is 2.09. The number of hydrogen-bond donors (Lipinski definition) is 1. The molecule has 0 unspecified atom stereocenters. The molecule has 1 fully saturated rings. The van der Waals surface area contributed by atoms with Gasteiger partial charge in [0.1, 0.15) is 0 Å². The van der Waals surface area contributed by atoms with Gasteiger partial charge in [0.25, 0.3) is 0 Å². The molecule has 0 aromatic carbocycles. The largest absolute Gasteiger partial charge is 0.351 e. The van der Waals surface area contributed by atoms with Gasteiger partial charge in [-0.05, 0) is 26.6 Å². The summed E-state index contributed by atoms with van der Waals surface area (Å²) in [5, 5.41) is 3.13. The summed E-state index contributed by atoms with van der Waals surface area (Å²) in [4.78, 5) is 2.34. The summed E-state index contributed by atoms with van der Waals surface area (Å²) >= 11 is 0. The molecule has 0 aliphatic carbocycles. The maximum atomic E-state index is 5.28. The standard InChI is InChI=1S/C9H20N2O2/c1-10-5-4-6-11-7-9(8-11,12-2)13-3/h10H,4-8H2,1-3H3. The average Bonchev–Trinajstić information content (AvgIpc) is 2.10. The summed E-state index contributed by atoms with van der Waals surface area (Å²) < 4.78 is 10.6. The smallest absolute Gasteiger partial charge is 0.193 e. The van der Waals surface area contributed by atoms with Crippen molar-refractivity contribution in [2.24, 2.45) is 0 Å². The van der Waals surface area contributed by atoms with Crippen LogP contribution in [0.3, 0.4) is 0 Å². The number of hydrogen-bond acceptors (Lipinski definition) is 4. The van der Waals surface area contributed by atoms with Crippen molar-refractivity contribution < 1.29 is 9.47 Å². The van der Waals surface area contributed by atoms with E-state index in [0.717, 1.165) is 26.2 Å².